The molecule has 2 amide bonds. The molecule has 0 unspecified atom stereocenters. The van der Waals surface area contributed by atoms with Crippen LogP contribution >= 0.6 is 11.3 Å². The summed E-state index contributed by atoms with van der Waals surface area (Å²) in [6.45, 7) is 2.81. The van der Waals surface area contributed by atoms with Crippen LogP contribution < -0.4 is 5.73 Å². The summed E-state index contributed by atoms with van der Waals surface area (Å²) in [4.78, 5) is 30.0. The Morgan fingerprint density at radius 1 is 1.36 bits per heavy atom. The van der Waals surface area contributed by atoms with Crippen LogP contribution in [0.2, 0.25) is 0 Å². The van der Waals surface area contributed by atoms with Crippen molar-refractivity contribution >= 4 is 23.2 Å². The van der Waals surface area contributed by atoms with Crippen molar-refractivity contribution < 1.29 is 9.59 Å². The maximum atomic E-state index is 12.6. The molecule has 22 heavy (non-hydrogen) atoms. The number of primary amides is 1. The lowest BCUT2D eigenvalue weighted by Crippen LogP contribution is -2.32. The average Bonchev–Trinajstić information content (AvgIpc) is 3.18. The van der Waals surface area contributed by atoms with Crippen molar-refractivity contribution in [3.05, 3.63) is 40.2 Å². The summed E-state index contributed by atoms with van der Waals surface area (Å²) >= 11 is 1.62. The third kappa shape index (κ3) is 2.74. The SMILES string of the molecule is Cc1nc(-c2ccsc2)ccc1C(=O)N1CC[C@H](C(N)=O)C1. The minimum Gasteiger partial charge on any atom is -0.369 e. The smallest absolute Gasteiger partial charge is 0.255 e. The Labute approximate surface area is 132 Å². The Balaban J connectivity index is 1.80. The number of rotatable bonds is 3. The molecule has 0 bridgehead atoms. The fourth-order valence-corrected chi connectivity index (χ4v) is 3.36. The first-order valence-electron chi connectivity index (χ1n) is 7.15. The second kappa shape index (κ2) is 5.88. The minimum absolute atomic E-state index is 0.0781. The summed E-state index contributed by atoms with van der Waals surface area (Å²) in [6.07, 6.45) is 0.639. The summed E-state index contributed by atoms with van der Waals surface area (Å²) in [5.41, 5.74) is 8.53. The summed E-state index contributed by atoms with van der Waals surface area (Å²) < 4.78 is 0. The molecular formula is C16H17N3O2S. The molecule has 114 valence electrons. The second-order valence-corrected chi connectivity index (χ2v) is 6.26. The van der Waals surface area contributed by atoms with Gasteiger partial charge in [0.25, 0.3) is 5.91 Å². The lowest BCUT2D eigenvalue weighted by atomic mass is 10.1. The highest BCUT2D eigenvalue weighted by Crippen LogP contribution is 2.23. The topological polar surface area (TPSA) is 76.3 Å². The Bertz CT molecular complexity index is 712. The van der Waals surface area contributed by atoms with E-state index in [-0.39, 0.29) is 17.7 Å². The summed E-state index contributed by atoms with van der Waals surface area (Å²) in [7, 11) is 0. The van der Waals surface area contributed by atoms with Gasteiger partial charge in [0, 0.05) is 24.0 Å². The lowest BCUT2D eigenvalue weighted by Gasteiger charge is -2.17. The number of likely N-dealkylation sites (tertiary alicyclic amines) is 1. The summed E-state index contributed by atoms with van der Waals surface area (Å²) in [5, 5.41) is 4.03. The van der Waals surface area contributed by atoms with Crippen molar-refractivity contribution in [2.24, 2.45) is 11.7 Å². The fraction of sp³-hybridized carbons (Fsp3) is 0.312. The standard InChI is InChI=1S/C16H17N3O2S/c1-10-13(2-3-14(18-10)12-5-7-22-9-12)16(21)19-6-4-11(8-19)15(17)20/h2-3,5,7,9,11H,4,6,8H2,1H3,(H2,17,20)/t11-/m0/s1. The number of pyridine rings is 1. The molecule has 6 heteroatoms. The number of aromatic nitrogens is 1. The molecule has 3 rings (SSSR count). The van der Waals surface area contributed by atoms with E-state index >= 15 is 0 Å². The Kier molecular flexibility index (Phi) is 3.94. The number of carbonyl (C=O) groups excluding carboxylic acids is 2. The maximum absolute atomic E-state index is 12.6. The first-order chi connectivity index (χ1) is 10.6. The zero-order valence-corrected chi connectivity index (χ0v) is 13.1. The Morgan fingerprint density at radius 2 is 2.18 bits per heavy atom. The van der Waals surface area contributed by atoms with Crippen molar-refractivity contribution in [3.63, 3.8) is 0 Å². The number of nitrogens with zero attached hydrogens (tertiary/aromatic N) is 2. The van der Waals surface area contributed by atoms with Gasteiger partial charge in [-0.05, 0) is 36.9 Å². The molecule has 3 heterocycles. The van der Waals surface area contributed by atoms with Crippen molar-refractivity contribution in [2.75, 3.05) is 13.1 Å². The van der Waals surface area contributed by atoms with E-state index in [9.17, 15) is 9.59 Å². The number of aryl methyl sites for hydroxylation is 1. The Morgan fingerprint density at radius 3 is 2.77 bits per heavy atom. The molecule has 1 atom stereocenters. The van der Waals surface area contributed by atoms with E-state index in [4.69, 9.17) is 5.73 Å². The van der Waals surface area contributed by atoms with Crippen molar-refractivity contribution in [1.29, 1.82) is 0 Å². The minimum atomic E-state index is -0.335. The molecule has 2 aromatic rings. The molecule has 0 aromatic carbocycles. The van der Waals surface area contributed by atoms with E-state index in [1.54, 1.807) is 16.2 Å². The number of carbonyl (C=O) groups is 2. The van der Waals surface area contributed by atoms with Gasteiger partial charge >= 0.3 is 0 Å². The molecule has 1 saturated heterocycles. The zero-order valence-electron chi connectivity index (χ0n) is 12.3. The molecule has 0 saturated carbocycles. The van der Waals surface area contributed by atoms with Crippen LogP contribution in [0.4, 0.5) is 0 Å². The van der Waals surface area contributed by atoms with Gasteiger partial charge in [-0.25, -0.2) is 0 Å². The molecule has 1 aliphatic heterocycles. The van der Waals surface area contributed by atoms with Crippen molar-refractivity contribution in [2.45, 2.75) is 13.3 Å². The van der Waals surface area contributed by atoms with E-state index in [1.165, 1.54) is 0 Å². The lowest BCUT2D eigenvalue weighted by molar-refractivity contribution is -0.121. The van der Waals surface area contributed by atoms with Crippen molar-refractivity contribution in [1.82, 2.24) is 9.88 Å². The third-order valence-corrected chi connectivity index (χ3v) is 4.69. The predicted molar refractivity (Wildman–Crippen MR) is 85.5 cm³/mol. The van der Waals surface area contributed by atoms with E-state index in [1.807, 2.05) is 35.9 Å². The molecular weight excluding hydrogens is 298 g/mol. The van der Waals surface area contributed by atoms with E-state index < -0.39 is 0 Å². The highest BCUT2D eigenvalue weighted by atomic mass is 32.1. The largest absolute Gasteiger partial charge is 0.369 e. The van der Waals surface area contributed by atoms with Crippen LogP contribution in [0.1, 0.15) is 22.5 Å². The number of thiophene rings is 1. The predicted octanol–water partition coefficient (Wildman–Crippen LogP) is 2.07. The monoisotopic (exact) mass is 315 g/mol. The van der Waals surface area contributed by atoms with Crippen LogP contribution in [-0.4, -0.2) is 34.8 Å². The molecule has 2 aromatic heterocycles. The van der Waals surface area contributed by atoms with Gasteiger partial charge in [-0.2, -0.15) is 11.3 Å². The van der Waals surface area contributed by atoms with Crippen LogP contribution in [-0.2, 0) is 4.79 Å². The zero-order chi connectivity index (χ0) is 15.7. The summed E-state index contributed by atoms with van der Waals surface area (Å²) in [5.74, 6) is -0.647. The van der Waals surface area contributed by atoms with Gasteiger partial charge in [0.2, 0.25) is 5.91 Å². The maximum Gasteiger partial charge on any atom is 0.255 e. The van der Waals surface area contributed by atoms with Gasteiger partial charge in [0.15, 0.2) is 0 Å². The van der Waals surface area contributed by atoms with Gasteiger partial charge in [0.1, 0.15) is 0 Å². The molecule has 0 radical (unpaired) electrons. The van der Waals surface area contributed by atoms with Gasteiger partial charge in [-0.3, -0.25) is 14.6 Å². The van der Waals surface area contributed by atoms with Crippen LogP contribution in [0.15, 0.2) is 29.0 Å². The van der Waals surface area contributed by atoms with Gasteiger partial charge in [0.05, 0.1) is 22.9 Å². The van der Waals surface area contributed by atoms with E-state index in [2.05, 4.69) is 4.98 Å². The summed E-state index contributed by atoms with van der Waals surface area (Å²) in [6, 6.07) is 5.69. The molecule has 1 aliphatic rings. The van der Waals surface area contributed by atoms with Gasteiger partial charge in [-0.15, -0.1) is 0 Å². The Hall–Kier alpha value is -2.21. The first-order valence-corrected chi connectivity index (χ1v) is 8.09. The van der Waals surface area contributed by atoms with Crippen LogP contribution in [0.25, 0.3) is 11.3 Å². The highest BCUT2D eigenvalue weighted by molar-refractivity contribution is 7.08. The first kappa shape index (κ1) is 14.7. The second-order valence-electron chi connectivity index (χ2n) is 5.48. The number of nitrogens with two attached hydrogens (primary N) is 1. The van der Waals surface area contributed by atoms with E-state index in [0.29, 0.717) is 30.8 Å². The van der Waals surface area contributed by atoms with Gasteiger partial charge < -0.3 is 10.6 Å². The molecule has 1 fully saturated rings. The highest BCUT2D eigenvalue weighted by Gasteiger charge is 2.30. The van der Waals surface area contributed by atoms with E-state index in [0.717, 1.165) is 11.3 Å². The normalized spacial score (nSPS) is 17.7. The third-order valence-electron chi connectivity index (χ3n) is 4.01. The van der Waals surface area contributed by atoms with Gasteiger partial charge in [-0.1, -0.05) is 0 Å². The molecule has 5 nitrogen and oxygen atoms in total. The molecule has 2 N–H and O–H groups in total. The van der Waals surface area contributed by atoms with Crippen LogP contribution in [0, 0.1) is 12.8 Å². The quantitative estimate of drug-likeness (QED) is 0.942. The average molecular weight is 315 g/mol. The number of hydrogen-bond donors (Lipinski definition) is 1. The van der Waals surface area contributed by atoms with Crippen LogP contribution in [0.5, 0.6) is 0 Å². The number of amides is 2. The number of hydrogen-bond acceptors (Lipinski definition) is 4. The fourth-order valence-electron chi connectivity index (χ4n) is 2.71. The molecule has 0 spiro atoms. The van der Waals surface area contributed by atoms with Crippen molar-refractivity contribution in [3.8, 4) is 11.3 Å². The van der Waals surface area contributed by atoms with Crippen LogP contribution in [0.3, 0.4) is 0 Å². The molecule has 0 aliphatic carbocycles.